The molecule has 0 radical (unpaired) electrons. The van der Waals surface area contributed by atoms with Crippen molar-refractivity contribution >= 4 is 15.5 Å². The van der Waals surface area contributed by atoms with Gasteiger partial charge in [0.25, 0.3) is 0 Å². The van der Waals surface area contributed by atoms with Crippen molar-refractivity contribution < 1.29 is 8.42 Å². The number of para-hydroxylation sites is 1. The Morgan fingerprint density at radius 1 is 1.00 bits per heavy atom. The summed E-state index contributed by atoms with van der Waals surface area (Å²) in [5, 5.41) is 3.51. The molecule has 2 fully saturated rings. The van der Waals surface area contributed by atoms with E-state index in [1.807, 2.05) is 12.1 Å². The number of fused-ring (bicyclic) bond motifs is 1. The molecule has 1 aromatic carbocycles. The summed E-state index contributed by atoms with van der Waals surface area (Å²) >= 11 is 0. The first-order valence-electron chi connectivity index (χ1n) is 8.09. The van der Waals surface area contributed by atoms with Gasteiger partial charge in [-0.1, -0.05) is 37.8 Å². The number of benzene rings is 1. The summed E-state index contributed by atoms with van der Waals surface area (Å²) in [7, 11) is -3.17. The Balaban J connectivity index is 1.73. The summed E-state index contributed by atoms with van der Waals surface area (Å²) in [6.07, 6.45) is 10.5. The Kier molecular flexibility index (Phi) is 4.25. The predicted molar refractivity (Wildman–Crippen MR) is 86.3 cm³/mol. The van der Waals surface area contributed by atoms with Crippen LogP contribution in [0.5, 0.6) is 0 Å². The highest BCUT2D eigenvalue weighted by molar-refractivity contribution is 7.90. The number of hydrogen-bond acceptors (Lipinski definition) is 3. The second kappa shape index (κ2) is 5.99. The van der Waals surface area contributed by atoms with Crippen LogP contribution in [0.4, 0.5) is 5.69 Å². The van der Waals surface area contributed by atoms with Gasteiger partial charge in [-0.15, -0.1) is 0 Å². The summed E-state index contributed by atoms with van der Waals surface area (Å²) in [4.78, 5) is 0.427. The first kappa shape index (κ1) is 14.9. The molecule has 4 heteroatoms. The van der Waals surface area contributed by atoms with Crippen molar-refractivity contribution in [2.45, 2.75) is 55.9 Å². The van der Waals surface area contributed by atoms with E-state index in [4.69, 9.17) is 0 Å². The van der Waals surface area contributed by atoms with Gasteiger partial charge in [0.1, 0.15) is 0 Å². The van der Waals surface area contributed by atoms with E-state index >= 15 is 0 Å². The van der Waals surface area contributed by atoms with Gasteiger partial charge in [-0.25, -0.2) is 8.42 Å². The molecule has 1 N–H and O–H groups in total. The van der Waals surface area contributed by atoms with Gasteiger partial charge in [0.15, 0.2) is 9.84 Å². The molecular weight excluding hydrogens is 282 g/mol. The topological polar surface area (TPSA) is 46.2 Å². The van der Waals surface area contributed by atoms with Crippen molar-refractivity contribution in [3.63, 3.8) is 0 Å². The van der Waals surface area contributed by atoms with E-state index in [1.54, 1.807) is 12.1 Å². The molecular formula is C17H25NO2S. The minimum atomic E-state index is -3.17. The number of hydrogen-bond donors (Lipinski definition) is 1. The van der Waals surface area contributed by atoms with Crippen LogP contribution in [0.2, 0.25) is 0 Å². The minimum absolute atomic E-state index is 0.423. The normalized spacial score (nSPS) is 29.7. The summed E-state index contributed by atoms with van der Waals surface area (Å²) < 4.78 is 23.8. The smallest absolute Gasteiger partial charge is 0.177 e. The highest BCUT2D eigenvalue weighted by atomic mass is 32.2. The fourth-order valence-electron chi connectivity index (χ4n) is 4.13. The Morgan fingerprint density at radius 3 is 2.48 bits per heavy atom. The van der Waals surface area contributed by atoms with Crippen LogP contribution in [-0.2, 0) is 9.84 Å². The molecule has 3 unspecified atom stereocenters. The zero-order chi connectivity index (χ0) is 14.9. The Hall–Kier alpha value is -1.03. The number of anilines is 1. The molecule has 0 aliphatic heterocycles. The highest BCUT2D eigenvalue weighted by Crippen LogP contribution is 2.41. The zero-order valence-corrected chi connectivity index (χ0v) is 13.5. The molecule has 3 nitrogen and oxygen atoms in total. The molecule has 0 saturated heterocycles. The molecule has 3 atom stereocenters. The first-order valence-corrected chi connectivity index (χ1v) is 9.99. The lowest BCUT2D eigenvalue weighted by Crippen LogP contribution is -2.34. The highest BCUT2D eigenvalue weighted by Gasteiger charge is 2.32. The number of nitrogens with one attached hydrogen (secondary N) is 1. The predicted octanol–water partition coefficient (Wildman–Crippen LogP) is 3.86. The second-order valence-corrected chi connectivity index (χ2v) is 8.71. The maximum atomic E-state index is 11.9. The maximum Gasteiger partial charge on any atom is 0.177 e. The van der Waals surface area contributed by atoms with E-state index < -0.39 is 9.84 Å². The molecule has 3 rings (SSSR count). The molecule has 1 aromatic rings. The van der Waals surface area contributed by atoms with Crippen LogP contribution >= 0.6 is 0 Å². The van der Waals surface area contributed by atoms with Crippen LogP contribution in [-0.4, -0.2) is 20.7 Å². The molecule has 0 spiro atoms. The molecule has 0 amide bonds. The average Bonchev–Trinajstić information content (AvgIpc) is 2.46. The van der Waals surface area contributed by atoms with Crippen molar-refractivity contribution in [3.05, 3.63) is 24.3 Å². The molecule has 116 valence electrons. The number of rotatable bonds is 3. The Labute approximate surface area is 128 Å². The molecule has 0 bridgehead atoms. The molecule has 2 aliphatic carbocycles. The average molecular weight is 307 g/mol. The van der Waals surface area contributed by atoms with E-state index in [1.165, 1.54) is 51.2 Å². The molecule has 2 saturated carbocycles. The van der Waals surface area contributed by atoms with Crippen LogP contribution in [0.3, 0.4) is 0 Å². The molecule has 0 heterocycles. The van der Waals surface area contributed by atoms with E-state index in [2.05, 4.69) is 5.32 Å². The van der Waals surface area contributed by atoms with Crippen molar-refractivity contribution in [1.29, 1.82) is 0 Å². The Morgan fingerprint density at radius 2 is 1.71 bits per heavy atom. The van der Waals surface area contributed by atoms with Gasteiger partial charge in [-0.3, -0.25) is 0 Å². The number of sulfone groups is 1. The fourth-order valence-corrected chi connectivity index (χ4v) is 4.99. The zero-order valence-electron chi connectivity index (χ0n) is 12.7. The maximum absolute atomic E-state index is 11.9. The third kappa shape index (κ3) is 3.42. The van der Waals surface area contributed by atoms with Crippen molar-refractivity contribution in [1.82, 2.24) is 0 Å². The van der Waals surface area contributed by atoms with Gasteiger partial charge in [-0.05, 0) is 43.2 Å². The van der Waals surface area contributed by atoms with Crippen LogP contribution in [0.25, 0.3) is 0 Å². The van der Waals surface area contributed by atoms with Crippen LogP contribution in [0, 0.1) is 11.8 Å². The monoisotopic (exact) mass is 307 g/mol. The van der Waals surface area contributed by atoms with Gasteiger partial charge in [0.2, 0.25) is 0 Å². The largest absolute Gasteiger partial charge is 0.381 e. The van der Waals surface area contributed by atoms with Gasteiger partial charge in [0, 0.05) is 12.3 Å². The van der Waals surface area contributed by atoms with E-state index in [0.29, 0.717) is 10.9 Å². The van der Waals surface area contributed by atoms with Gasteiger partial charge < -0.3 is 5.32 Å². The lowest BCUT2D eigenvalue weighted by Gasteiger charge is -2.40. The van der Waals surface area contributed by atoms with Gasteiger partial charge in [-0.2, -0.15) is 0 Å². The van der Waals surface area contributed by atoms with Crippen molar-refractivity contribution in [2.24, 2.45) is 11.8 Å². The third-order valence-corrected chi connectivity index (χ3v) is 6.34. The Bertz CT molecular complexity index is 597. The summed E-state index contributed by atoms with van der Waals surface area (Å²) in [6, 6.07) is 7.71. The summed E-state index contributed by atoms with van der Waals surface area (Å²) in [6.45, 7) is 0. The first-order chi connectivity index (χ1) is 10.0. The van der Waals surface area contributed by atoms with Gasteiger partial charge >= 0.3 is 0 Å². The van der Waals surface area contributed by atoms with Gasteiger partial charge in [0.05, 0.1) is 10.6 Å². The molecule has 21 heavy (non-hydrogen) atoms. The SMILES string of the molecule is CS(=O)(=O)c1ccccc1NC1CCC2CCCCC2C1. The van der Waals surface area contributed by atoms with Crippen molar-refractivity contribution in [3.8, 4) is 0 Å². The van der Waals surface area contributed by atoms with Crippen LogP contribution < -0.4 is 5.32 Å². The summed E-state index contributed by atoms with van der Waals surface area (Å²) in [5.74, 6) is 1.76. The fraction of sp³-hybridized carbons (Fsp3) is 0.647. The minimum Gasteiger partial charge on any atom is -0.381 e. The lowest BCUT2D eigenvalue weighted by atomic mass is 9.69. The standard InChI is InChI=1S/C17H25NO2S/c1-21(19,20)17-9-5-4-8-16(17)18-15-11-10-13-6-2-3-7-14(13)12-15/h4-5,8-9,13-15,18H,2-3,6-7,10-12H2,1H3. The van der Waals surface area contributed by atoms with Crippen LogP contribution in [0.1, 0.15) is 44.9 Å². The summed E-state index contributed by atoms with van der Waals surface area (Å²) in [5.41, 5.74) is 0.777. The lowest BCUT2D eigenvalue weighted by molar-refractivity contribution is 0.162. The van der Waals surface area contributed by atoms with E-state index in [-0.39, 0.29) is 0 Å². The second-order valence-electron chi connectivity index (χ2n) is 6.73. The van der Waals surface area contributed by atoms with E-state index in [9.17, 15) is 8.42 Å². The molecule has 2 aliphatic rings. The van der Waals surface area contributed by atoms with E-state index in [0.717, 1.165) is 17.5 Å². The quantitative estimate of drug-likeness (QED) is 0.922. The van der Waals surface area contributed by atoms with Crippen molar-refractivity contribution in [2.75, 3.05) is 11.6 Å². The van der Waals surface area contributed by atoms with Crippen LogP contribution in [0.15, 0.2) is 29.2 Å². The third-order valence-electron chi connectivity index (χ3n) is 5.19. The molecule has 0 aromatic heterocycles.